The largest absolute Gasteiger partial charge is 0.494 e. The van der Waals surface area contributed by atoms with Crippen LogP contribution in [0.3, 0.4) is 0 Å². The molecule has 1 amide bonds. The van der Waals surface area contributed by atoms with Gasteiger partial charge in [-0.1, -0.05) is 24.3 Å². The van der Waals surface area contributed by atoms with E-state index < -0.39 is 11.8 Å². The molecule has 1 aromatic heterocycles. The van der Waals surface area contributed by atoms with Gasteiger partial charge in [0.05, 0.1) is 36.3 Å². The number of nitrogens with zero attached hydrogens (tertiary/aromatic N) is 3. The lowest BCUT2D eigenvalue weighted by Crippen LogP contribution is -2.35. The predicted molar refractivity (Wildman–Crippen MR) is 121 cm³/mol. The number of benzene rings is 2. The number of hydrogen-bond acceptors (Lipinski definition) is 5. The summed E-state index contributed by atoms with van der Waals surface area (Å²) in [6.45, 7) is 0.446. The highest BCUT2D eigenvalue weighted by Crippen LogP contribution is 2.43. The molecule has 34 heavy (non-hydrogen) atoms. The highest BCUT2D eigenvalue weighted by atomic mass is 19.1. The maximum absolute atomic E-state index is 15.6. The van der Waals surface area contributed by atoms with E-state index in [1.54, 1.807) is 34.0 Å². The molecule has 1 saturated heterocycles. The Kier molecular flexibility index (Phi) is 4.76. The van der Waals surface area contributed by atoms with Gasteiger partial charge >= 0.3 is 5.97 Å². The van der Waals surface area contributed by atoms with Gasteiger partial charge in [-0.25, -0.2) is 13.9 Å². The van der Waals surface area contributed by atoms with Crippen LogP contribution in [0.1, 0.15) is 51.6 Å². The molecule has 2 fully saturated rings. The van der Waals surface area contributed by atoms with Gasteiger partial charge in [0.1, 0.15) is 23.7 Å². The van der Waals surface area contributed by atoms with Crippen LogP contribution in [0.25, 0.3) is 16.8 Å². The van der Waals surface area contributed by atoms with Crippen LogP contribution in [-0.2, 0) is 9.47 Å². The van der Waals surface area contributed by atoms with Crippen LogP contribution in [0.15, 0.2) is 60.6 Å². The smallest absolute Gasteiger partial charge is 0.341 e. The summed E-state index contributed by atoms with van der Waals surface area (Å²) in [5.41, 5.74) is 2.95. The van der Waals surface area contributed by atoms with Gasteiger partial charge < -0.3 is 14.4 Å². The molecule has 0 N–H and O–H groups in total. The molecule has 3 aromatic rings. The number of carbonyl (C=O) groups excluding carboxylic acids is 2. The highest BCUT2D eigenvalue weighted by Gasteiger charge is 2.37. The fraction of sp³-hybridized carbons (Fsp3) is 0.269. The first-order valence-corrected chi connectivity index (χ1v) is 11.3. The number of hydrogen-bond donors (Lipinski definition) is 0. The minimum absolute atomic E-state index is 0.0260. The molecule has 2 aromatic carbocycles. The van der Waals surface area contributed by atoms with Crippen LogP contribution in [0.5, 0.6) is 0 Å². The summed E-state index contributed by atoms with van der Waals surface area (Å²) >= 11 is 0. The van der Waals surface area contributed by atoms with Crippen molar-refractivity contribution in [1.29, 1.82) is 0 Å². The van der Waals surface area contributed by atoms with Gasteiger partial charge in [0.2, 0.25) is 0 Å². The third kappa shape index (κ3) is 3.29. The first kappa shape index (κ1) is 20.7. The molecule has 8 heteroatoms. The molecule has 1 saturated carbocycles. The summed E-state index contributed by atoms with van der Waals surface area (Å²) in [7, 11) is 1.35. The fourth-order valence-corrected chi connectivity index (χ4v) is 4.75. The molecule has 2 aliphatic heterocycles. The second-order valence-electron chi connectivity index (χ2n) is 8.82. The van der Waals surface area contributed by atoms with Crippen LogP contribution in [0.4, 0.5) is 4.39 Å². The topological polar surface area (TPSA) is 73.7 Å². The lowest BCUT2D eigenvalue weighted by molar-refractivity contribution is 0.0599. The van der Waals surface area contributed by atoms with Gasteiger partial charge in [-0.15, -0.1) is 0 Å². The molecule has 1 aliphatic carbocycles. The van der Waals surface area contributed by atoms with Crippen LogP contribution in [0.2, 0.25) is 0 Å². The van der Waals surface area contributed by atoms with E-state index in [-0.39, 0.29) is 23.4 Å². The van der Waals surface area contributed by atoms with Gasteiger partial charge in [-0.2, -0.15) is 5.10 Å². The molecule has 3 aliphatic rings. The summed E-state index contributed by atoms with van der Waals surface area (Å²) in [4.78, 5) is 26.9. The first-order chi connectivity index (χ1) is 16.5. The summed E-state index contributed by atoms with van der Waals surface area (Å²) in [6.07, 6.45) is 5.82. The van der Waals surface area contributed by atoms with Crippen LogP contribution in [0, 0.1) is 5.82 Å². The van der Waals surface area contributed by atoms with E-state index in [4.69, 9.17) is 9.47 Å². The number of aromatic nitrogens is 2. The number of rotatable bonds is 5. The SMILES string of the molecule is COC(=O)c1cnn(-c2cccc(-c3cccc(C(=O)N4C=C5CC4CO5)c3F)c2)c1C1CC1. The lowest BCUT2D eigenvalue weighted by atomic mass is 10.0. The number of carbonyl (C=O) groups is 2. The third-order valence-corrected chi connectivity index (χ3v) is 6.62. The van der Waals surface area contributed by atoms with Gasteiger partial charge in [-0.05, 0) is 36.6 Å². The Labute approximate surface area is 195 Å². The lowest BCUT2D eigenvalue weighted by Gasteiger charge is -2.23. The summed E-state index contributed by atoms with van der Waals surface area (Å²) in [5.74, 6) is -0.349. The minimum atomic E-state index is -0.565. The van der Waals surface area contributed by atoms with E-state index >= 15 is 4.39 Å². The van der Waals surface area contributed by atoms with Crippen molar-refractivity contribution in [3.63, 3.8) is 0 Å². The molecule has 0 spiro atoms. The Morgan fingerprint density at radius 2 is 1.97 bits per heavy atom. The van der Waals surface area contributed by atoms with Crippen LogP contribution < -0.4 is 0 Å². The van der Waals surface area contributed by atoms with Crippen molar-refractivity contribution in [2.45, 2.75) is 31.2 Å². The van der Waals surface area contributed by atoms with E-state index in [1.807, 2.05) is 18.2 Å². The maximum Gasteiger partial charge on any atom is 0.341 e. The Hall–Kier alpha value is -3.94. The molecule has 0 radical (unpaired) electrons. The number of fused-ring (bicyclic) bond motifs is 2. The number of ether oxygens (including phenoxy) is 2. The van der Waals surface area contributed by atoms with E-state index in [1.165, 1.54) is 19.4 Å². The van der Waals surface area contributed by atoms with Crippen molar-refractivity contribution in [3.05, 3.63) is 83.3 Å². The zero-order valence-electron chi connectivity index (χ0n) is 18.5. The zero-order chi connectivity index (χ0) is 23.4. The van der Waals surface area contributed by atoms with Crippen molar-refractivity contribution in [2.24, 2.45) is 0 Å². The molecule has 3 heterocycles. The minimum Gasteiger partial charge on any atom is -0.494 e. The monoisotopic (exact) mass is 459 g/mol. The van der Waals surface area contributed by atoms with Crippen LogP contribution in [-0.4, -0.2) is 46.3 Å². The predicted octanol–water partition coefficient (Wildman–Crippen LogP) is 4.43. The average molecular weight is 459 g/mol. The van der Waals surface area contributed by atoms with Crippen molar-refractivity contribution < 1.29 is 23.5 Å². The second kappa shape index (κ2) is 7.83. The molecular formula is C26H22FN3O4. The normalized spacial score (nSPS) is 18.6. The molecule has 172 valence electrons. The second-order valence-corrected chi connectivity index (χ2v) is 8.82. The Morgan fingerprint density at radius 3 is 2.68 bits per heavy atom. The number of halogens is 1. The molecular weight excluding hydrogens is 437 g/mol. The number of methoxy groups -OCH3 is 1. The molecule has 1 unspecified atom stereocenters. The summed E-state index contributed by atoms with van der Waals surface area (Å²) in [6, 6.07) is 12.1. The van der Waals surface area contributed by atoms with Gasteiger partial charge in [0.25, 0.3) is 5.91 Å². The maximum atomic E-state index is 15.6. The van der Waals surface area contributed by atoms with E-state index in [9.17, 15) is 9.59 Å². The van der Waals surface area contributed by atoms with Gasteiger partial charge in [-0.3, -0.25) is 4.79 Å². The standard InChI is InChI=1S/C26H22FN3O4/c1-33-26(32)22-12-28-30(24(22)15-8-9-15)17-5-2-4-16(10-17)20-6-3-7-21(23(20)27)25(31)29-13-19-11-18(29)14-34-19/h2-7,10,12-13,15,18H,8-9,11,14H2,1H3. The third-order valence-electron chi connectivity index (χ3n) is 6.62. The Morgan fingerprint density at radius 1 is 1.15 bits per heavy atom. The number of amides is 1. The van der Waals surface area contributed by atoms with E-state index in [0.29, 0.717) is 35.4 Å². The van der Waals surface area contributed by atoms with E-state index in [0.717, 1.165) is 24.3 Å². The fourth-order valence-electron chi connectivity index (χ4n) is 4.75. The summed E-state index contributed by atoms with van der Waals surface area (Å²) < 4.78 is 27.7. The quantitative estimate of drug-likeness (QED) is 0.528. The van der Waals surface area contributed by atoms with Crippen LogP contribution >= 0.6 is 0 Å². The molecule has 2 bridgehead atoms. The van der Waals surface area contributed by atoms with Crippen molar-refractivity contribution in [1.82, 2.24) is 14.7 Å². The molecule has 7 nitrogen and oxygen atoms in total. The van der Waals surface area contributed by atoms with Crippen molar-refractivity contribution >= 4 is 11.9 Å². The molecule has 6 rings (SSSR count). The Balaban J connectivity index is 1.37. The van der Waals surface area contributed by atoms with Crippen molar-refractivity contribution in [3.8, 4) is 16.8 Å². The number of esters is 1. The summed E-state index contributed by atoms with van der Waals surface area (Å²) in [5, 5.41) is 4.44. The van der Waals surface area contributed by atoms with Crippen molar-refractivity contribution in [2.75, 3.05) is 13.7 Å². The van der Waals surface area contributed by atoms with Gasteiger partial charge in [0, 0.05) is 24.1 Å². The Bertz CT molecular complexity index is 1360. The zero-order valence-corrected chi connectivity index (χ0v) is 18.5. The first-order valence-electron chi connectivity index (χ1n) is 11.3. The average Bonchev–Trinajstić information content (AvgIpc) is 3.27. The highest BCUT2D eigenvalue weighted by molar-refractivity contribution is 5.97. The molecule has 1 atom stereocenters. The van der Waals surface area contributed by atoms with E-state index in [2.05, 4.69) is 5.10 Å². The van der Waals surface area contributed by atoms with Gasteiger partial charge in [0.15, 0.2) is 0 Å².